The maximum absolute atomic E-state index is 12.9. The van der Waals surface area contributed by atoms with Crippen molar-refractivity contribution in [1.82, 2.24) is 4.59 Å². The number of nitrogens with zero attached hydrogens (tertiary/aromatic N) is 2. The van der Waals surface area contributed by atoms with Gasteiger partial charge in [0.2, 0.25) is 5.71 Å². The maximum Gasteiger partial charge on any atom is 0.438 e. The van der Waals surface area contributed by atoms with Gasteiger partial charge in [-0.25, -0.2) is 0 Å². The van der Waals surface area contributed by atoms with Gasteiger partial charge in [0.25, 0.3) is 0 Å². The minimum Gasteiger partial charge on any atom is -0.164 e. The molecular weight excluding hydrogens is 360 g/mol. The molecule has 0 saturated carbocycles. The van der Waals surface area contributed by atoms with Crippen LogP contribution in [0, 0.1) is 0 Å². The van der Waals surface area contributed by atoms with Crippen LogP contribution in [0.25, 0.3) is 11.1 Å². The van der Waals surface area contributed by atoms with Gasteiger partial charge < -0.3 is 0 Å². The molecule has 2 aromatic carbocycles. The predicted molar refractivity (Wildman–Crippen MR) is 92.2 cm³/mol. The normalized spacial score (nSPS) is 20.3. The third-order valence-electron chi connectivity index (χ3n) is 3.74. The van der Waals surface area contributed by atoms with Gasteiger partial charge >= 0.3 is 6.18 Å². The van der Waals surface area contributed by atoms with Crippen molar-refractivity contribution in [3.8, 4) is 11.1 Å². The molecule has 0 fully saturated rings. The molecule has 1 atom stereocenters. The minimum atomic E-state index is -4.49. The van der Waals surface area contributed by atoms with Crippen LogP contribution < -0.4 is 4.59 Å². The minimum absolute atomic E-state index is 0.353. The van der Waals surface area contributed by atoms with Gasteiger partial charge in [0.1, 0.15) is 13.2 Å². The quantitative estimate of drug-likeness (QED) is 0.570. The summed E-state index contributed by atoms with van der Waals surface area (Å²) in [4.78, 5) is 0. The van der Waals surface area contributed by atoms with E-state index in [9.17, 15) is 13.2 Å². The van der Waals surface area contributed by atoms with E-state index < -0.39 is 11.9 Å². The van der Waals surface area contributed by atoms with E-state index in [4.69, 9.17) is 23.2 Å². The van der Waals surface area contributed by atoms with Crippen LogP contribution in [0.2, 0.25) is 10.0 Å². The zero-order chi connectivity index (χ0) is 17.5. The first kappa shape index (κ1) is 17.0. The summed E-state index contributed by atoms with van der Waals surface area (Å²) in [5, 5.41) is 4.79. The van der Waals surface area contributed by atoms with Crippen molar-refractivity contribution in [1.29, 1.82) is 0 Å². The Morgan fingerprint density at radius 3 is 2.38 bits per heavy atom. The average Bonchev–Trinajstić information content (AvgIpc) is 2.94. The van der Waals surface area contributed by atoms with Gasteiger partial charge in [-0.2, -0.15) is 13.2 Å². The number of alkyl halides is 3. The summed E-state index contributed by atoms with van der Waals surface area (Å²) < 4.78 is 38.4. The van der Waals surface area contributed by atoms with Crippen molar-refractivity contribution >= 4 is 34.6 Å². The standard InChI is InChI=1S/C17H12Cl2F3N2/c1-24(9-8-16(23-24)17(20,21)22)15-5-3-2-4-12(15)13-10-11(18)6-7-14(13)19/h2-10H,1H3/q+1. The van der Waals surface area contributed by atoms with Crippen LogP contribution in [0.15, 0.2) is 59.8 Å². The number of hydrogen-bond acceptors (Lipinski definition) is 1. The molecular formula is C17H12Cl2F3N2+. The molecule has 1 unspecified atom stereocenters. The molecule has 3 rings (SSSR count). The highest BCUT2D eigenvalue weighted by Crippen LogP contribution is 2.41. The van der Waals surface area contributed by atoms with E-state index in [0.717, 1.165) is 6.08 Å². The molecule has 2 nitrogen and oxygen atoms in total. The third kappa shape index (κ3) is 3.07. The molecule has 0 spiro atoms. The van der Waals surface area contributed by atoms with E-state index in [1.807, 2.05) is 0 Å². The largest absolute Gasteiger partial charge is 0.438 e. The summed E-state index contributed by atoms with van der Waals surface area (Å²) in [7, 11) is 1.58. The lowest BCUT2D eigenvalue weighted by atomic mass is 10.0. The number of para-hydroxylation sites is 1. The van der Waals surface area contributed by atoms with E-state index in [1.54, 1.807) is 49.5 Å². The number of hydrogen-bond donors (Lipinski definition) is 0. The Morgan fingerprint density at radius 1 is 1.00 bits per heavy atom. The molecule has 0 saturated heterocycles. The fourth-order valence-corrected chi connectivity index (χ4v) is 2.98. The van der Waals surface area contributed by atoms with Crippen molar-refractivity contribution in [3.05, 3.63) is 64.8 Å². The van der Waals surface area contributed by atoms with Crippen LogP contribution in [0.3, 0.4) is 0 Å². The van der Waals surface area contributed by atoms with E-state index in [0.29, 0.717) is 26.9 Å². The van der Waals surface area contributed by atoms with Gasteiger partial charge in [-0.05, 0) is 24.3 Å². The fraction of sp³-hybridized carbons (Fsp3) is 0.118. The van der Waals surface area contributed by atoms with Gasteiger partial charge in [0.05, 0.1) is 0 Å². The van der Waals surface area contributed by atoms with Gasteiger partial charge in [0.15, 0.2) is 5.69 Å². The van der Waals surface area contributed by atoms with Crippen molar-refractivity contribution in [2.45, 2.75) is 6.18 Å². The number of halogens is 5. The van der Waals surface area contributed by atoms with Gasteiger partial charge in [0, 0.05) is 33.3 Å². The van der Waals surface area contributed by atoms with E-state index in [2.05, 4.69) is 5.10 Å². The predicted octanol–water partition coefficient (Wildman–Crippen LogP) is 6.04. The van der Waals surface area contributed by atoms with E-state index in [1.165, 1.54) is 6.20 Å². The fourth-order valence-electron chi connectivity index (χ4n) is 2.59. The zero-order valence-corrected chi connectivity index (χ0v) is 14.0. The van der Waals surface area contributed by atoms with Crippen LogP contribution in [0.1, 0.15) is 0 Å². The molecule has 0 bridgehead atoms. The maximum atomic E-state index is 12.9. The summed E-state index contributed by atoms with van der Waals surface area (Å²) in [6, 6.07) is 12.0. The Kier molecular flexibility index (Phi) is 4.20. The zero-order valence-electron chi connectivity index (χ0n) is 12.5. The highest BCUT2D eigenvalue weighted by Gasteiger charge is 2.43. The third-order valence-corrected chi connectivity index (χ3v) is 4.30. The Bertz CT molecular complexity index is 859. The second-order valence-corrected chi connectivity index (χ2v) is 6.31. The summed E-state index contributed by atoms with van der Waals surface area (Å²) in [5.74, 6) is 0. The monoisotopic (exact) mass is 371 g/mol. The molecule has 1 aliphatic heterocycles. The molecule has 1 heterocycles. The Balaban J connectivity index is 2.17. The van der Waals surface area contributed by atoms with Crippen molar-refractivity contribution in [3.63, 3.8) is 0 Å². The van der Waals surface area contributed by atoms with Crippen molar-refractivity contribution in [2.75, 3.05) is 7.05 Å². The number of rotatable bonds is 2. The molecule has 2 aromatic rings. The summed E-state index contributed by atoms with van der Waals surface area (Å²) in [6.07, 6.45) is -2.12. The van der Waals surface area contributed by atoms with E-state index >= 15 is 0 Å². The second-order valence-electron chi connectivity index (χ2n) is 5.47. The highest BCUT2D eigenvalue weighted by molar-refractivity contribution is 6.35. The van der Waals surface area contributed by atoms with Crippen LogP contribution in [-0.4, -0.2) is 18.9 Å². The summed E-state index contributed by atoms with van der Waals surface area (Å²) >= 11 is 12.3. The summed E-state index contributed by atoms with van der Waals surface area (Å²) in [6.45, 7) is 0. The molecule has 124 valence electrons. The number of allylic oxidation sites excluding steroid dienone is 1. The van der Waals surface area contributed by atoms with Gasteiger partial charge in [-0.15, -0.1) is 4.59 Å². The van der Waals surface area contributed by atoms with Gasteiger partial charge in [-0.1, -0.05) is 40.4 Å². The lowest BCUT2D eigenvalue weighted by Crippen LogP contribution is -2.32. The lowest BCUT2D eigenvalue weighted by Gasteiger charge is -2.23. The second kappa shape index (κ2) is 5.92. The van der Waals surface area contributed by atoms with Gasteiger partial charge in [-0.3, -0.25) is 0 Å². The topological polar surface area (TPSA) is 12.4 Å². The van der Waals surface area contributed by atoms with Crippen LogP contribution in [0.5, 0.6) is 0 Å². The van der Waals surface area contributed by atoms with Crippen LogP contribution in [-0.2, 0) is 0 Å². The molecule has 24 heavy (non-hydrogen) atoms. The molecule has 7 heteroatoms. The Labute approximate surface area is 147 Å². The summed E-state index contributed by atoms with van der Waals surface area (Å²) in [5.41, 5.74) is 0.960. The molecule has 0 amide bonds. The van der Waals surface area contributed by atoms with Crippen molar-refractivity contribution < 1.29 is 13.2 Å². The lowest BCUT2D eigenvalue weighted by molar-refractivity contribution is -0.0581. The van der Waals surface area contributed by atoms with E-state index in [-0.39, 0.29) is 4.59 Å². The Morgan fingerprint density at radius 2 is 1.71 bits per heavy atom. The molecule has 1 aliphatic rings. The smallest absolute Gasteiger partial charge is 0.164 e. The molecule has 0 aliphatic carbocycles. The van der Waals surface area contributed by atoms with Crippen LogP contribution in [0.4, 0.5) is 18.9 Å². The van der Waals surface area contributed by atoms with Crippen LogP contribution >= 0.6 is 23.2 Å². The molecule has 0 N–H and O–H groups in total. The SMILES string of the molecule is C[N+]1(c2ccccc2-c2cc(Cl)ccc2Cl)C=CC(C(F)(F)F)=N1. The number of quaternary nitrogens is 1. The molecule has 0 aromatic heterocycles. The molecule has 0 radical (unpaired) electrons. The first-order valence-electron chi connectivity index (χ1n) is 6.98. The number of benzene rings is 2. The highest BCUT2D eigenvalue weighted by atomic mass is 35.5. The first-order chi connectivity index (χ1) is 11.2. The first-order valence-corrected chi connectivity index (χ1v) is 7.74. The van der Waals surface area contributed by atoms with Crippen molar-refractivity contribution in [2.24, 2.45) is 5.10 Å². The average molecular weight is 372 g/mol. The Hall–Kier alpha value is -1.82.